The highest BCUT2D eigenvalue weighted by Crippen LogP contribution is 2.30. The van der Waals surface area contributed by atoms with E-state index in [9.17, 15) is 23.1 Å². The van der Waals surface area contributed by atoms with Crippen LogP contribution in [0.2, 0.25) is 0 Å². The molecule has 3 aromatic carbocycles. The molecule has 0 bridgehead atoms. The molecule has 0 fully saturated rings. The van der Waals surface area contributed by atoms with Gasteiger partial charge >= 0.3 is 6.36 Å². The van der Waals surface area contributed by atoms with Crippen LogP contribution >= 0.6 is 11.3 Å². The molecule has 174 valence electrons. The molecule has 1 atom stereocenters. The molecule has 0 aliphatic rings. The second-order valence-corrected chi connectivity index (χ2v) is 7.88. The summed E-state index contributed by atoms with van der Waals surface area (Å²) in [5.74, 6) is 0.321. The standard InChI is InChI=1S/C24H17F3N2O4S/c25-24(26,27)33-19-8-4-5-15(13-19)21(30)23-29-20(14-34-23)22(31)28-16-9-11-18(12-10-16)32-17-6-2-1-3-7-17/h1-14,21,30H,(H,28,31). The predicted molar refractivity (Wildman–Crippen MR) is 120 cm³/mol. The Morgan fingerprint density at radius 2 is 1.62 bits per heavy atom. The molecular weight excluding hydrogens is 469 g/mol. The molecule has 10 heteroatoms. The fourth-order valence-electron chi connectivity index (χ4n) is 2.97. The van der Waals surface area contributed by atoms with Crippen molar-refractivity contribution in [3.05, 3.63) is 101 Å². The number of para-hydroxylation sites is 1. The number of ether oxygens (including phenoxy) is 2. The number of nitrogens with one attached hydrogen (secondary N) is 1. The minimum Gasteiger partial charge on any atom is -0.457 e. The summed E-state index contributed by atoms with van der Waals surface area (Å²) in [6.45, 7) is 0. The van der Waals surface area contributed by atoms with E-state index in [1.165, 1.54) is 17.5 Å². The summed E-state index contributed by atoms with van der Waals surface area (Å²) in [5, 5.41) is 14.8. The highest BCUT2D eigenvalue weighted by molar-refractivity contribution is 7.10. The van der Waals surface area contributed by atoms with Gasteiger partial charge in [0.25, 0.3) is 5.91 Å². The molecule has 4 aromatic rings. The van der Waals surface area contributed by atoms with Crippen molar-refractivity contribution >= 4 is 22.9 Å². The molecule has 0 aliphatic carbocycles. The van der Waals surface area contributed by atoms with E-state index in [0.717, 1.165) is 23.5 Å². The van der Waals surface area contributed by atoms with Gasteiger partial charge in [0.15, 0.2) is 0 Å². The van der Waals surface area contributed by atoms with Crippen molar-refractivity contribution in [2.45, 2.75) is 12.5 Å². The number of carbonyl (C=O) groups excluding carboxylic acids is 1. The summed E-state index contributed by atoms with van der Waals surface area (Å²) < 4.78 is 46.9. The smallest absolute Gasteiger partial charge is 0.457 e. The van der Waals surface area contributed by atoms with Crippen LogP contribution in [0.5, 0.6) is 17.2 Å². The Balaban J connectivity index is 1.40. The molecular formula is C24H17F3N2O4S. The molecule has 0 saturated carbocycles. The molecule has 2 N–H and O–H groups in total. The first kappa shape index (κ1) is 23.3. The van der Waals surface area contributed by atoms with E-state index in [-0.39, 0.29) is 16.3 Å². The van der Waals surface area contributed by atoms with Crippen LogP contribution in [0.15, 0.2) is 84.2 Å². The van der Waals surface area contributed by atoms with Crippen LogP contribution in [0.3, 0.4) is 0 Å². The van der Waals surface area contributed by atoms with Gasteiger partial charge in [-0.15, -0.1) is 24.5 Å². The molecule has 0 radical (unpaired) electrons. The van der Waals surface area contributed by atoms with Crippen molar-refractivity contribution in [2.75, 3.05) is 5.32 Å². The Labute approximate surface area is 196 Å². The normalized spacial score (nSPS) is 12.1. The largest absolute Gasteiger partial charge is 0.573 e. The monoisotopic (exact) mass is 486 g/mol. The Bertz CT molecular complexity index is 1260. The van der Waals surface area contributed by atoms with Crippen molar-refractivity contribution in [2.24, 2.45) is 0 Å². The molecule has 1 heterocycles. The maximum atomic E-state index is 12.5. The van der Waals surface area contributed by atoms with Crippen molar-refractivity contribution < 1.29 is 32.5 Å². The summed E-state index contributed by atoms with van der Waals surface area (Å²) in [6.07, 6.45) is -6.17. The van der Waals surface area contributed by atoms with Crippen LogP contribution in [-0.4, -0.2) is 22.4 Å². The van der Waals surface area contributed by atoms with Crippen molar-refractivity contribution in [3.8, 4) is 17.2 Å². The number of aliphatic hydroxyl groups is 1. The number of halogens is 3. The quantitative estimate of drug-likeness (QED) is 0.327. The molecule has 0 aliphatic heterocycles. The maximum absolute atomic E-state index is 12.5. The summed E-state index contributed by atoms with van der Waals surface area (Å²) in [5.41, 5.74) is 0.723. The number of rotatable bonds is 7. The lowest BCUT2D eigenvalue weighted by molar-refractivity contribution is -0.274. The molecule has 4 rings (SSSR count). The molecule has 1 unspecified atom stereocenters. The van der Waals surface area contributed by atoms with Gasteiger partial charge in [0.2, 0.25) is 0 Å². The van der Waals surface area contributed by atoms with E-state index in [0.29, 0.717) is 17.2 Å². The third kappa shape index (κ3) is 6.12. The minimum absolute atomic E-state index is 0.0614. The Kier molecular flexibility index (Phi) is 6.80. The zero-order valence-electron chi connectivity index (χ0n) is 17.3. The van der Waals surface area contributed by atoms with Crippen LogP contribution < -0.4 is 14.8 Å². The summed E-state index contributed by atoms with van der Waals surface area (Å²) in [6, 6.07) is 20.9. The van der Waals surface area contributed by atoms with Crippen LogP contribution in [0.25, 0.3) is 0 Å². The molecule has 0 spiro atoms. The highest BCUT2D eigenvalue weighted by atomic mass is 32.1. The number of carbonyl (C=O) groups is 1. The van der Waals surface area contributed by atoms with Gasteiger partial charge in [0.05, 0.1) is 0 Å². The average molecular weight is 486 g/mol. The molecule has 1 amide bonds. The van der Waals surface area contributed by atoms with Crippen LogP contribution in [0, 0.1) is 0 Å². The summed E-state index contributed by atoms with van der Waals surface area (Å²) in [4.78, 5) is 16.7. The second-order valence-electron chi connectivity index (χ2n) is 6.99. The number of benzene rings is 3. The first-order valence-corrected chi connectivity index (χ1v) is 10.8. The van der Waals surface area contributed by atoms with Gasteiger partial charge in [-0.1, -0.05) is 30.3 Å². The van der Waals surface area contributed by atoms with E-state index in [4.69, 9.17) is 4.74 Å². The first-order chi connectivity index (χ1) is 16.3. The Morgan fingerprint density at radius 1 is 0.941 bits per heavy atom. The van der Waals surface area contributed by atoms with E-state index >= 15 is 0 Å². The van der Waals surface area contributed by atoms with Gasteiger partial charge < -0.3 is 19.9 Å². The first-order valence-electron chi connectivity index (χ1n) is 9.90. The van der Waals surface area contributed by atoms with Gasteiger partial charge in [-0.05, 0) is 54.1 Å². The fourth-order valence-corrected chi connectivity index (χ4v) is 3.78. The topological polar surface area (TPSA) is 80.7 Å². The van der Waals surface area contributed by atoms with E-state index < -0.39 is 24.1 Å². The average Bonchev–Trinajstić information content (AvgIpc) is 3.30. The highest BCUT2D eigenvalue weighted by Gasteiger charge is 2.31. The van der Waals surface area contributed by atoms with E-state index in [1.807, 2.05) is 30.3 Å². The Hall–Kier alpha value is -3.89. The lowest BCUT2D eigenvalue weighted by atomic mass is 10.1. The lowest BCUT2D eigenvalue weighted by Gasteiger charge is -2.12. The molecule has 1 aromatic heterocycles. The number of hydrogen-bond donors (Lipinski definition) is 2. The van der Waals surface area contributed by atoms with Gasteiger partial charge in [0, 0.05) is 11.1 Å². The van der Waals surface area contributed by atoms with Crippen molar-refractivity contribution in [1.82, 2.24) is 4.98 Å². The Morgan fingerprint density at radius 3 is 2.32 bits per heavy atom. The van der Waals surface area contributed by atoms with Gasteiger partial charge in [0.1, 0.15) is 34.1 Å². The summed E-state index contributed by atoms with van der Waals surface area (Å²) in [7, 11) is 0. The number of amides is 1. The van der Waals surface area contributed by atoms with E-state index in [1.54, 1.807) is 24.3 Å². The number of thiazole rings is 1. The maximum Gasteiger partial charge on any atom is 0.573 e. The zero-order valence-corrected chi connectivity index (χ0v) is 18.1. The molecule has 34 heavy (non-hydrogen) atoms. The molecule has 0 saturated heterocycles. The van der Waals surface area contributed by atoms with E-state index in [2.05, 4.69) is 15.0 Å². The zero-order chi connectivity index (χ0) is 24.1. The van der Waals surface area contributed by atoms with Crippen molar-refractivity contribution in [3.63, 3.8) is 0 Å². The summed E-state index contributed by atoms with van der Waals surface area (Å²) >= 11 is 1.01. The number of hydrogen-bond acceptors (Lipinski definition) is 6. The van der Waals surface area contributed by atoms with Crippen molar-refractivity contribution in [1.29, 1.82) is 0 Å². The molecule has 6 nitrogen and oxygen atoms in total. The van der Waals surface area contributed by atoms with Crippen LogP contribution in [0.1, 0.15) is 27.2 Å². The SMILES string of the molecule is O=C(Nc1ccc(Oc2ccccc2)cc1)c1csc(C(O)c2cccc(OC(F)(F)F)c2)n1. The second kappa shape index (κ2) is 9.94. The lowest BCUT2D eigenvalue weighted by Crippen LogP contribution is -2.17. The van der Waals surface area contributed by atoms with Gasteiger partial charge in [-0.25, -0.2) is 4.98 Å². The number of aromatic nitrogens is 1. The predicted octanol–water partition coefficient (Wildman–Crippen LogP) is 6.17. The number of anilines is 1. The number of alkyl halides is 3. The number of nitrogens with zero attached hydrogens (tertiary/aromatic N) is 1. The third-order valence-corrected chi connectivity index (χ3v) is 5.38. The van der Waals surface area contributed by atoms with Gasteiger partial charge in [-0.2, -0.15) is 0 Å². The van der Waals surface area contributed by atoms with Crippen LogP contribution in [-0.2, 0) is 0 Å². The third-order valence-electron chi connectivity index (χ3n) is 4.49. The van der Waals surface area contributed by atoms with Gasteiger partial charge in [-0.3, -0.25) is 4.79 Å². The fraction of sp³-hybridized carbons (Fsp3) is 0.0833. The number of aliphatic hydroxyl groups excluding tert-OH is 1. The van der Waals surface area contributed by atoms with Crippen LogP contribution in [0.4, 0.5) is 18.9 Å². The minimum atomic E-state index is -4.85.